The highest BCUT2D eigenvalue weighted by Gasteiger charge is 2.27. The maximum absolute atomic E-state index is 11.1. The molecule has 0 radical (unpaired) electrons. The lowest BCUT2D eigenvalue weighted by molar-refractivity contribution is -0.156. The van der Waals surface area contributed by atoms with Crippen LogP contribution in [0.5, 0.6) is 5.75 Å². The van der Waals surface area contributed by atoms with Crippen LogP contribution >= 0.6 is 0 Å². The molecule has 1 aromatic rings. The number of hydrogen-bond acceptors (Lipinski definition) is 6. The number of ether oxygens (including phenoxy) is 2. The predicted octanol–water partition coefficient (Wildman–Crippen LogP) is -0.0393. The Kier molecular flexibility index (Phi) is 4.85. The van der Waals surface area contributed by atoms with Gasteiger partial charge in [-0.05, 0) is 23.8 Å². The van der Waals surface area contributed by atoms with Gasteiger partial charge in [0.2, 0.25) is 0 Å². The lowest BCUT2D eigenvalue weighted by atomic mass is 10.0. The summed E-state index contributed by atoms with van der Waals surface area (Å²) in [7, 11) is 2.39. The third kappa shape index (κ3) is 3.43. The molecule has 2 unspecified atom stereocenters. The predicted molar refractivity (Wildman–Crippen MR) is 62.9 cm³/mol. The quantitative estimate of drug-likeness (QED) is 0.643. The van der Waals surface area contributed by atoms with E-state index in [1.807, 2.05) is 0 Å². The van der Waals surface area contributed by atoms with Crippen LogP contribution in [0.15, 0.2) is 18.2 Å². The summed E-state index contributed by atoms with van der Waals surface area (Å²) >= 11 is 0. The van der Waals surface area contributed by atoms with Crippen molar-refractivity contribution in [1.29, 1.82) is 0 Å². The molecular weight excluding hydrogens is 256 g/mol. The zero-order valence-electron chi connectivity index (χ0n) is 10.4. The highest BCUT2D eigenvalue weighted by atomic mass is 16.5. The SMILES string of the molecule is COC(=O)C(O)C(O)c1cc(OC)cc(C(=O)O)c1. The van der Waals surface area contributed by atoms with E-state index in [0.29, 0.717) is 0 Å². The summed E-state index contributed by atoms with van der Waals surface area (Å²) in [5.74, 6) is -2.06. The van der Waals surface area contributed by atoms with Crippen molar-refractivity contribution in [3.8, 4) is 5.75 Å². The molecule has 0 spiro atoms. The number of carboxylic acid groups (broad SMARTS) is 1. The van der Waals surface area contributed by atoms with E-state index in [-0.39, 0.29) is 16.9 Å². The first-order chi connectivity index (χ1) is 8.90. The number of aliphatic hydroxyl groups is 2. The molecule has 0 saturated heterocycles. The highest BCUT2D eigenvalue weighted by molar-refractivity contribution is 5.88. The number of carbonyl (C=O) groups excluding carboxylic acids is 1. The normalized spacial score (nSPS) is 13.5. The molecule has 0 aromatic heterocycles. The van der Waals surface area contributed by atoms with Crippen LogP contribution in [-0.2, 0) is 9.53 Å². The number of benzene rings is 1. The summed E-state index contributed by atoms with van der Waals surface area (Å²) in [5.41, 5.74) is -0.0971. The molecule has 7 nitrogen and oxygen atoms in total. The van der Waals surface area contributed by atoms with Crippen molar-refractivity contribution in [2.45, 2.75) is 12.2 Å². The molecule has 0 heterocycles. The summed E-state index contributed by atoms with van der Waals surface area (Å²) in [5, 5.41) is 28.3. The van der Waals surface area contributed by atoms with E-state index in [4.69, 9.17) is 9.84 Å². The first-order valence-corrected chi connectivity index (χ1v) is 5.27. The summed E-state index contributed by atoms with van der Waals surface area (Å²) in [6.07, 6.45) is -3.42. The van der Waals surface area contributed by atoms with Gasteiger partial charge in [-0.25, -0.2) is 9.59 Å². The number of hydrogen-bond donors (Lipinski definition) is 3. The molecule has 7 heteroatoms. The first kappa shape index (κ1) is 14.9. The van der Waals surface area contributed by atoms with Crippen LogP contribution in [0.2, 0.25) is 0 Å². The van der Waals surface area contributed by atoms with Gasteiger partial charge in [-0.1, -0.05) is 0 Å². The van der Waals surface area contributed by atoms with E-state index in [0.717, 1.165) is 13.2 Å². The monoisotopic (exact) mass is 270 g/mol. The summed E-state index contributed by atoms with van der Waals surface area (Å²) in [4.78, 5) is 22.0. The molecule has 0 saturated carbocycles. The standard InChI is InChI=1S/C12H14O7/c1-18-8-4-6(3-7(5-8)11(15)16)9(13)10(14)12(17)19-2/h3-5,9-10,13-14H,1-2H3,(H,15,16). The molecule has 0 aliphatic rings. The zero-order chi connectivity index (χ0) is 14.6. The number of rotatable bonds is 5. The minimum absolute atomic E-state index is 0.0367. The average Bonchev–Trinajstić information content (AvgIpc) is 2.43. The Balaban J connectivity index is 3.15. The van der Waals surface area contributed by atoms with Crippen LogP contribution in [0.25, 0.3) is 0 Å². The molecule has 0 bridgehead atoms. The van der Waals surface area contributed by atoms with Crippen molar-refractivity contribution in [1.82, 2.24) is 0 Å². The van der Waals surface area contributed by atoms with Crippen LogP contribution in [0.3, 0.4) is 0 Å². The van der Waals surface area contributed by atoms with Crippen LogP contribution in [0.1, 0.15) is 22.0 Å². The van der Waals surface area contributed by atoms with Crippen molar-refractivity contribution in [2.75, 3.05) is 14.2 Å². The molecule has 0 aliphatic heterocycles. The number of aliphatic hydroxyl groups excluding tert-OH is 2. The highest BCUT2D eigenvalue weighted by Crippen LogP contribution is 2.24. The Morgan fingerprint density at radius 1 is 1.16 bits per heavy atom. The lowest BCUT2D eigenvalue weighted by Crippen LogP contribution is -2.29. The fraction of sp³-hybridized carbons (Fsp3) is 0.333. The van der Waals surface area contributed by atoms with E-state index >= 15 is 0 Å². The number of aromatic carboxylic acids is 1. The maximum atomic E-state index is 11.1. The number of carbonyl (C=O) groups is 2. The molecule has 3 N–H and O–H groups in total. The van der Waals surface area contributed by atoms with E-state index in [9.17, 15) is 19.8 Å². The van der Waals surface area contributed by atoms with Crippen molar-refractivity contribution in [3.05, 3.63) is 29.3 Å². The number of methoxy groups -OCH3 is 2. The second-order valence-corrected chi connectivity index (χ2v) is 3.71. The minimum Gasteiger partial charge on any atom is -0.497 e. The second kappa shape index (κ2) is 6.17. The summed E-state index contributed by atoms with van der Waals surface area (Å²) < 4.78 is 9.18. The third-order valence-corrected chi connectivity index (χ3v) is 2.49. The van der Waals surface area contributed by atoms with Gasteiger partial charge < -0.3 is 24.8 Å². The smallest absolute Gasteiger partial charge is 0.337 e. The van der Waals surface area contributed by atoms with Crippen molar-refractivity contribution >= 4 is 11.9 Å². The van der Waals surface area contributed by atoms with Crippen LogP contribution in [0, 0.1) is 0 Å². The first-order valence-electron chi connectivity index (χ1n) is 5.27. The lowest BCUT2D eigenvalue weighted by Gasteiger charge is -2.17. The van der Waals surface area contributed by atoms with Gasteiger partial charge in [0.1, 0.15) is 11.9 Å². The number of esters is 1. The molecule has 1 aromatic carbocycles. The fourth-order valence-electron chi connectivity index (χ4n) is 1.47. The van der Waals surface area contributed by atoms with Gasteiger partial charge in [-0.3, -0.25) is 0 Å². The Hall–Kier alpha value is -2.12. The molecular formula is C12H14O7. The van der Waals surface area contributed by atoms with Gasteiger partial charge in [0.15, 0.2) is 6.10 Å². The van der Waals surface area contributed by atoms with Crippen molar-refractivity contribution in [2.24, 2.45) is 0 Å². The Bertz CT molecular complexity index is 483. The molecule has 19 heavy (non-hydrogen) atoms. The zero-order valence-corrected chi connectivity index (χ0v) is 10.4. The van der Waals surface area contributed by atoms with E-state index in [2.05, 4.69) is 4.74 Å². The van der Waals surface area contributed by atoms with Gasteiger partial charge in [0, 0.05) is 0 Å². The van der Waals surface area contributed by atoms with Gasteiger partial charge in [0.25, 0.3) is 0 Å². The number of carboxylic acids is 1. The van der Waals surface area contributed by atoms with Gasteiger partial charge >= 0.3 is 11.9 Å². The summed E-state index contributed by atoms with van der Waals surface area (Å²) in [6.45, 7) is 0. The Labute approximate surface area is 109 Å². The van der Waals surface area contributed by atoms with E-state index in [1.54, 1.807) is 0 Å². The fourth-order valence-corrected chi connectivity index (χ4v) is 1.47. The maximum Gasteiger partial charge on any atom is 0.337 e. The molecule has 2 atom stereocenters. The third-order valence-electron chi connectivity index (χ3n) is 2.49. The largest absolute Gasteiger partial charge is 0.497 e. The second-order valence-electron chi connectivity index (χ2n) is 3.71. The van der Waals surface area contributed by atoms with Gasteiger partial charge in [-0.2, -0.15) is 0 Å². The average molecular weight is 270 g/mol. The molecule has 0 amide bonds. The van der Waals surface area contributed by atoms with Gasteiger partial charge in [0.05, 0.1) is 19.8 Å². The van der Waals surface area contributed by atoms with Crippen LogP contribution in [0.4, 0.5) is 0 Å². The summed E-state index contributed by atoms with van der Waals surface area (Å²) in [6, 6.07) is 3.72. The Morgan fingerprint density at radius 3 is 2.26 bits per heavy atom. The molecule has 1 rings (SSSR count). The van der Waals surface area contributed by atoms with E-state index < -0.39 is 24.1 Å². The van der Waals surface area contributed by atoms with Gasteiger partial charge in [-0.15, -0.1) is 0 Å². The molecule has 104 valence electrons. The Morgan fingerprint density at radius 2 is 1.79 bits per heavy atom. The van der Waals surface area contributed by atoms with E-state index in [1.165, 1.54) is 19.2 Å². The van der Waals surface area contributed by atoms with Crippen LogP contribution < -0.4 is 4.74 Å². The van der Waals surface area contributed by atoms with Crippen molar-refractivity contribution in [3.63, 3.8) is 0 Å². The van der Waals surface area contributed by atoms with Crippen molar-refractivity contribution < 1.29 is 34.4 Å². The minimum atomic E-state index is -1.81. The molecule has 0 aliphatic carbocycles. The van der Waals surface area contributed by atoms with Crippen LogP contribution in [-0.4, -0.2) is 47.6 Å². The topological polar surface area (TPSA) is 113 Å². The molecule has 0 fully saturated rings.